The summed E-state index contributed by atoms with van der Waals surface area (Å²) in [5, 5.41) is 15.4. The van der Waals surface area contributed by atoms with Crippen LogP contribution >= 0.6 is 15.9 Å². The second-order valence-corrected chi connectivity index (χ2v) is 7.43. The quantitative estimate of drug-likeness (QED) is 0.895. The van der Waals surface area contributed by atoms with E-state index < -0.39 is 5.60 Å². The molecular formula is C14H23BrN2O. The fraction of sp³-hybridized carbons (Fsp3) is 0.786. The maximum Gasteiger partial charge on any atom is 0.107 e. The highest BCUT2D eigenvalue weighted by molar-refractivity contribution is 9.10. The third kappa shape index (κ3) is 2.50. The highest BCUT2D eigenvalue weighted by Crippen LogP contribution is 2.47. The normalized spacial score (nSPS) is 22.4. The molecule has 2 rings (SSSR count). The van der Waals surface area contributed by atoms with Crippen molar-refractivity contribution >= 4 is 15.9 Å². The Morgan fingerprint density at radius 2 is 1.83 bits per heavy atom. The SMILES string of the molecule is CC(C)n1ncc(Br)c1C1(O)CCC(C)(C)CC1. The minimum absolute atomic E-state index is 0.269. The van der Waals surface area contributed by atoms with Crippen LogP contribution in [-0.2, 0) is 5.60 Å². The predicted molar refractivity (Wildman–Crippen MR) is 76.5 cm³/mol. The Morgan fingerprint density at radius 3 is 2.33 bits per heavy atom. The van der Waals surface area contributed by atoms with Crippen LogP contribution in [-0.4, -0.2) is 14.9 Å². The molecule has 4 heteroatoms. The predicted octanol–water partition coefficient (Wildman–Crippen LogP) is 4.01. The first-order chi connectivity index (χ1) is 8.25. The van der Waals surface area contributed by atoms with E-state index in [0.29, 0.717) is 5.41 Å². The molecule has 1 aromatic rings. The first kappa shape index (κ1) is 14.1. The Bertz CT molecular complexity index is 427. The molecule has 18 heavy (non-hydrogen) atoms. The van der Waals surface area contributed by atoms with Gasteiger partial charge in [-0.25, -0.2) is 0 Å². The Hall–Kier alpha value is -0.350. The van der Waals surface area contributed by atoms with Gasteiger partial charge in [-0.2, -0.15) is 5.10 Å². The average Bonchev–Trinajstić information content (AvgIpc) is 2.66. The maximum absolute atomic E-state index is 11.0. The van der Waals surface area contributed by atoms with Gasteiger partial charge in [0.2, 0.25) is 0 Å². The standard InChI is InChI=1S/C14H23BrN2O/c1-10(2)17-12(11(15)9-16-17)14(18)7-5-13(3,4)6-8-14/h9-10,18H,5-8H2,1-4H3. The second kappa shape index (κ2) is 4.64. The molecule has 0 amide bonds. The van der Waals surface area contributed by atoms with Crippen molar-refractivity contribution in [1.29, 1.82) is 0 Å². The Morgan fingerprint density at radius 1 is 1.28 bits per heavy atom. The lowest BCUT2D eigenvalue weighted by molar-refractivity contribution is -0.0386. The van der Waals surface area contributed by atoms with Gasteiger partial charge in [0.1, 0.15) is 5.60 Å². The van der Waals surface area contributed by atoms with E-state index in [-0.39, 0.29) is 6.04 Å². The van der Waals surface area contributed by atoms with Crippen molar-refractivity contribution in [3.63, 3.8) is 0 Å². The van der Waals surface area contributed by atoms with Crippen molar-refractivity contribution in [2.24, 2.45) is 5.41 Å². The van der Waals surface area contributed by atoms with Crippen molar-refractivity contribution in [3.05, 3.63) is 16.4 Å². The van der Waals surface area contributed by atoms with Crippen LogP contribution < -0.4 is 0 Å². The molecule has 0 aliphatic heterocycles. The molecule has 0 aromatic carbocycles. The van der Waals surface area contributed by atoms with Gasteiger partial charge in [-0.3, -0.25) is 4.68 Å². The zero-order valence-electron chi connectivity index (χ0n) is 11.7. The van der Waals surface area contributed by atoms with Crippen LogP contribution in [0.25, 0.3) is 0 Å². The average molecular weight is 315 g/mol. The second-order valence-electron chi connectivity index (χ2n) is 6.58. The molecule has 1 aliphatic rings. The van der Waals surface area contributed by atoms with E-state index in [9.17, 15) is 5.11 Å². The van der Waals surface area contributed by atoms with E-state index in [1.54, 1.807) is 6.20 Å². The topological polar surface area (TPSA) is 38.0 Å². The zero-order valence-corrected chi connectivity index (χ0v) is 13.3. The summed E-state index contributed by atoms with van der Waals surface area (Å²) in [6, 6.07) is 0.269. The molecule has 3 nitrogen and oxygen atoms in total. The summed E-state index contributed by atoms with van der Waals surface area (Å²) in [6.45, 7) is 8.75. The number of aliphatic hydroxyl groups is 1. The van der Waals surface area contributed by atoms with Gasteiger partial charge >= 0.3 is 0 Å². The Kier molecular flexibility index (Phi) is 3.63. The smallest absolute Gasteiger partial charge is 0.107 e. The minimum Gasteiger partial charge on any atom is -0.384 e. The van der Waals surface area contributed by atoms with Crippen molar-refractivity contribution in [2.45, 2.75) is 65.0 Å². The molecular weight excluding hydrogens is 292 g/mol. The summed E-state index contributed by atoms with van der Waals surface area (Å²) < 4.78 is 2.88. The molecule has 0 unspecified atom stereocenters. The van der Waals surface area contributed by atoms with E-state index >= 15 is 0 Å². The van der Waals surface area contributed by atoms with E-state index in [1.165, 1.54) is 0 Å². The third-order valence-corrected chi connectivity index (χ3v) is 4.69. The summed E-state index contributed by atoms with van der Waals surface area (Å²) in [7, 11) is 0. The molecule has 0 spiro atoms. The Labute approximate surface area is 118 Å². The van der Waals surface area contributed by atoms with Crippen molar-refractivity contribution in [3.8, 4) is 0 Å². The van der Waals surface area contributed by atoms with Gasteiger partial charge in [-0.15, -0.1) is 0 Å². The van der Waals surface area contributed by atoms with Gasteiger partial charge in [0.15, 0.2) is 0 Å². The van der Waals surface area contributed by atoms with Gasteiger partial charge in [0.25, 0.3) is 0 Å². The minimum atomic E-state index is -0.727. The summed E-state index contributed by atoms with van der Waals surface area (Å²) >= 11 is 3.54. The molecule has 1 aromatic heterocycles. The van der Waals surface area contributed by atoms with Crippen LogP contribution in [0.15, 0.2) is 10.7 Å². The van der Waals surface area contributed by atoms with Gasteiger partial charge in [-0.05, 0) is 60.9 Å². The summed E-state index contributed by atoms with van der Waals surface area (Å²) in [6.07, 6.45) is 5.54. The first-order valence-corrected chi connectivity index (χ1v) is 7.50. The van der Waals surface area contributed by atoms with E-state index in [0.717, 1.165) is 35.8 Å². The fourth-order valence-electron chi connectivity index (χ4n) is 2.75. The van der Waals surface area contributed by atoms with Crippen LogP contribution in [0.4, 0.5) is 0 Å². The monoisotopic (exact) mass is 314 g/mol. The van der Waals surface area contributed by atoms with Crippen molar-refractivity contribution < 1.29 is 5.11 Å². The summed E-state index contributed by atoms with van der Waals surface area (Å²) in [5.41, 5.74) is 0.573. The lowest BCUT2D eigenvalue weighted by atomic mass is 9.70. The van der Waals surface area contributed by atoms with Gasteiger partial charge in [0.05, 0.1) is 16.4 Å². The van der Waals surface area contributed by atoms with E-state index in [1.807, 2.05) is 4.68 Å². The number of hydrogen-bond donors (Lipinski definition) is 1. The van der Waals surface area contributed by atoms with Crippen LogP contribution in [0, 0.1) is 5.41 Å². The van der Waals surface area contributed by atoms with Crippen molar-refractivity contribution in [1.82, 2.24) is 9.78 Å². The number of nitrogens with zero attached hydrogens (tertiary/aromatic N) is 2. The van der Waals surface area contributed by atoms with Crippen molar-refractivity contribution in [2.75, 3.05) is 0 Å². The van der Waals surface area contributed by atoms with Gasteiger partial charge < -0.3 is 5.11 Å². The van der Waals surface area contributed by atoms with Crippen LogP contribution in [0.5, 0.6) is 0 Å². The molecule has 1 heterocycles. The molecule has 1 fully saturated rings. The molecule has 1 aliphatic carbocycles. The van der Waals surface area contributed by atoms with Crippen LogP contribution in [0.1, 0.15) is 65.1 Å². The maximum atomic E-state index is 11.0. The highest BCUT2D eigenvalue weighted by Gasteiger charge is 2.41. The molecule has 102 valence electrons. The largest absolute Gasteiger partial charge is 0.384 e. The Balaban J connectivity index is 2.34. The summed E-state index contributed by atoms with van der Waals surface area (Å²) in [4.78, 5) is 0. The van der Waals surface area contributed by atoms with Crippen LogP contribution in [0.3, 0.4) is 0 Å². The highest BCUT2D eigenvalue weighted by atomic mass is 79.9. The fourth-order valence-corrected chi connectivity index (χ4v) is 3.39. The number of halogens is 1. The van der Waals surface area contributed by atoms with E-state index in [2.05, 4.69) is 48.7 Å². The zero-order chi connectivity index (χ0) is 13.6. The van der Waals surface area contributed by atoms with Crippen LogP contribution in [0.2, 0.25) is 0 Å². The molecule has 0 bridgehead atoms. The number of aromatic nitrogens is 2. The summed E-state index contributed by atoms with van der Waals surface area (Å²) in [5.74, 6) is 0. The number of rotatable bonds is 2. The molecule has 1 saturated carbocycles. The van der Waals surface area contributed by atoms with Gasteiger partial charge in [-0.1, -0.05) is 13.8 Å². The lowest BCUT2D eigenvalue weighted by Gasteiger charge is -2.40. The van der Waals surface area contributed by atoms with E-state index in [4.69, 9.17) is 0 Å². The number of hydrogen-bond acceptors (Lipinski definition) is 2. The third-order valence-electron chi connectivity index (χ3n) is 4.11. The molecule has 0 saturated heterocycles. The first-order valence-electron chi connectivity index (χ1n) is 6.71. The molecule has 0 atom stereocenters. The lowest BCUT2D eigenvalue weighted by Crippen LogP contribution is -2.37. The molecule has 0 radical (unpaired) electrons. The van der Waals surface area contributed by atoms with Gasteiger partial charge in [0, 0.05) is 6.04 Å². The molecule has 1 N–H and O–H groups in total.